The van der Waals surface area contributed by atoms with Gasteiger partial charge in [-0.3, -0.25) is 4.99 Å². The number of hydrogen-bond acceptors (Lipinski definition) is 3. The molecule has 2 atom stereocenters. The van der Waals surface area contributed by atoms with Gasteiger partial charge in [0.15, 0.2) is 0 Å². The Morgan fingerprint density at radius 1 is 0.958 bits per heavy atom. The number of fused-ring (bicyclic) bond motifs is 5. The fourth-order valence-corrected chi connectivity index (χ4v) is 3.57. The molecule has 4 heteroatoms. The minimum absolute atomic E-state index is 0.0889. The van der Waals surface area contributed by atoms with Gasteiger partial charge < -0.3 is 4.74 Å². The van der Waals surface area contributed by atoms with Gasteiger partial charge in [0.1, 0.15) is 11.8 Å². The van der Waals surface area contributed by atoms with Crippen molar-refractivity contribution in [1.29, 1.82) is 0 Å². The average Bonchev–Trinajstić information content (AvgIpc) is 3.00. The zero-order valence-electron chi connectivity index (χ0n) is 12.7. The van der Waals surface area contributed by atoms with Crippen LogP contribution in [0.4, 0.5) is 0 Å². The molecule has 0 amide bonds. The van der Waals surface area contributed by atoms with Crippen molar-refractivity contribution in [2.45, 2.75) is 12.3 Å². The molecule has 0 fully saturated rings. The SMILES string of the molecule is Clc1cccc(C2=NC3Oc4ccc5ccccc5c4C3N=C2)c1. The Labute approximate surface area is 144 Å². The zero-order valence-corrected chi connectivity index (χ0v) is 13.4. The molecule has 0 radical (unpaired) electrons. The second kappa shape index (κ2) is 5.18. The quantitative estimate of drug-likeness (QED) is 0.628. The van der Waals surface area contributed by atoms with E-state index in [-0.39, 0.29) is 12.3 Å². The van der Waals surface area contributed by atoms with E-state index in [4.69, 9.17) is 26.3 Å². The Hall–Kier alpha value is -2.65. The van der Waals surface area contributed by atoms with E-state index in [9.17, 15) is 0 Å². The number of hydrogen-bond donors (Lipinski definition) is 0. The van der Waals surface area contributed by atoms with Gasteiger partial charge in [-0.2, -0.15) is 0 Å². The highest BCUT2D eigenvalue weighted by molar-refractivity contribution is 6.39. The van der Waals surface area contributed by atoms with E-state index >= 15 is 0 Å². The second-order valence-corrected chi connectivity index (χ2v) is 6.39. The number of halogens is 1. The summed E-state index contributed by atoms with van der Waals surface area (Å²) < 4.78 is 6.07. The Morgan fingerprint density at radius 2 is 1.88 bits per heavy atom. The predicted molar refractivity (Wildman–Crippen MR) is 97.6 cm³/mol. The van der Waals surface area contributed by atoms with Crippen molar-refractivity contribution in [1.82, 2.24) is 0 Å². The maximum absolute atomic E-state index is 6.08. The highest BCUT2D eigenvalue weighted by atomic mass is 35.5. The molecule has 2 aliphatic rings. The standard InChI is InChI=1S/C20H13ClN2O/c21-14-6-3-5-13(10-14)16-11-22-19-18-15-7-2-1-4-12(15)8-9-17(18)24-20(19)23-16/h1-11,19-20H. The fraction of sp³-hybridized carbons (Fsp3) is 0.100. The molecule has 0 saturated heterocycles. The summed E-state index contributed by atoms with van der Waals surface area (Å²) >= 11 is 6.08. The first-order valence-corrected chi connectivity index (χ1v) is 8.23. The van der Waals surface area contributed by atoms with Crippen molar-refractivity contribution in [3.63, 3.8) is 0 Å². The number of nitrogens with zero attached hydrogens (tertiary/aromatic N) is 2. The molecule has 3 aromatic carbocycles. The largest absolute Gasteiger partial charge is 0.466 e. The first kappa shape index (κ1) is 13.8. The van der Waals surface area contributed by atoms with E-state index in [1.54, 1.807) is 0 Å². The van der Waals surface area contributed by atoms with Gasteiger partial charge in [-0.15, -0.1) is 0 Å². The van der Waals surface area contributed by atoms with Crippen LogP contribution in [0.25, 0.3) is 10.8 Å². The van der Waals surface area contributed by atoms with Gasteiger partial charge in [0.05, 0.1) is 5.71 Å². The first-order chi connectivity index (χ1) is 11.8. The van der Waals surface area contributed by atoms with Gasteiger partial charge in [-0.25, -0.2) is 4.99 Å². The Kier molecular flexibility index (Phi) is 2.97. The van der Waals surface area contributed by atoms with E-state index in [0.29, 0.717) is 5.02 Å². The van der Waals surface area contributed by atoms with Crippen LogP contribution in [-0.2, 0) is 0 Å². The van der Waals surface area contributed by atoms with Gasteiger partial charge in [-0.05, 0) is 29.0 Å². The first-order valence-electron chi connectivity index (χ1n) is 7.85. The van der Waals surface area contributed by atoms with Crippen LogP contribution in [0.1, 0.15) is 17.2 Å². The molecule has 2 heterocycles. The molecule has 3 nitrogen and oxygen atoms in total. The van der Waals surface area contributed by atoms with E-state index in [2.05, 4.69) is 18.2 Å². The molecule has 0 bridgehead atoms. The summed E-state index contributed by atoms with van der Waals surface area (Å²) in [5.74, 6) is 0.872. The molecule has 0 spiro atoms. The maximum atomic E-state index is 6.08. The minimum atomic E-state index is -0.315. The summed E-state index contributed by atoms with van der Waals surface area (Å²) in [6.07, 6.45) is 1.51. The van der Waals surface area contributed by atoms with Crippen molar-refractivity contribution in [2.24, 2.45) is 9.98 Å². The highest BCUT2D eigenvalue weighted by Gasteiger charge is 2.37. The fourth-order valence-electron chi connectivity index (χ4n) is 3.38. The van der Waals surface area contributed by atoms with Crippen LogP contribution in [0.15, 0.2) is 70.6 Å². The Morgan fingerprint density at radius 3 is 2.79 bits per heavy atom. The van der Waals surface area contributed by atoms with E-state index in [1.807, 2.05) is 48.7 Å². The van der Waals surface area contributed by atoms with Gasteiger partial charge in [0.25, 0.3) is 0 Å². The Bertz CT molecular complexity index is 1030. The molecule has 0 aromatic heterocycles. The van der Waals surface area contributed by atoms with Crippen molar-refractivity contribution < 1.29 is 4.74 Å². The summed E-state index contributed by atoms with van der Waals surface area (Å²) in [4.78, 5) is 9.51. The van der Waals surface area contributed by atoms with Gasteiger partial charge in [0, 0.05) is 22.4 Å². The summed E-state index contributed by atoms with van der Waals surface area (Å²) in [6.45, 7) is 0. The van der Waals surface area contributed by atoms with Gasteiger partial charge in [-0.1, -0.05) is 54.1 Å². The normalized spacial score (nSPS) is 21.1. The summed E-state index contributed by atoms with van der Waals surface area (Å²) in [7, 11) is 0. The predicted octanol–water partition coefficient (Wildman–Crippen LogP) is 4.83. The lowest BCUT2D eigenvalue weighted by Crippen LogP contribution is -2.23. The zero-order chi connectivity index (χ0) is 16.1. The molecular formula is C20H13ClN2O. The third-order valence-corrected chi connectivity index (χ3v) is 4.72. The van der Waals surface area contributed by atoms with Crippen LogP contribution >= 0.6 is 11.6 Å². The molecule has 2 unspecified atom stereocenters. The van der Waals surface area contributed by atoms with Gasteiger partial charge >= 0.3 is 0 Å². The average molecular weight is 333 g/mol. The summed E-state index contributed by atoms with van der Waals surface area (Å²) in [6, 6.07) is 20.0. The lowest BCUT2D eigenvalue weighted by molar-refractivity contribution is 0.217. The molecule has 5 rings (SSSR count). The highest BCUT2D eigenvalue weighted by Crippen LogP contribution is 2.44. The van der Waals surface area contributed by atoms with Gasteiger partial charge in [0.2, 0.25) is 6.23 Å². The Balaban J connectivity index is 1.59. The summed E-state index contributed by atoms with van der Waals surface area (Å²) in [5, 5.41) is 3.06. The number of ether oxygens (including phenoxy) is 1. The molecule has 0 N–H and O–H groups in total. The number of aliphatic imine (C=N–C) groups is 2. The van der Waals surface area contributed by atoms with Crippen LogP contribution in [0, 0.1) is 0 Å². The minimum Gasteiger partial charge on any atom is -0.466 e. The van der Waals surface area contributed by atoms with Crippen molar-refractivity contribution in [3.05, 3.63) is 76.8 Å². The third-order valence-electron chi connectivity index (χ3n) is 4.49. The van der Waals surface area contributed by atoms with Crippen molar-refractivity contribution >= 4 is 34.3 Å². The maximum Gasteiger partial charge on any atom is 0.216 e. The molecule has 0 saturated carbocycles. The topological polar surface area (TPSA) is 34.0 Å². The third kappa shape index (κ3) is 2.05. The van der Waals surface area contributed by atoms with Crippen LogP contribution in [-0.4, -0.2) is 18.2 Å². The molecule has 116 valence electrons. The van der Waals surface area contributed by atoms with E-state index in [0.717, 1.165) is 22.6 Å². The second-order valence-electron chi connectivity index (χ2n) is 5.95. The smallest absolute Gasteiger partial charge is 0.216 e. The van der Waals surface area contributed by atoms with E-state index < -0.39 is 0 Å². The molecule has 3 aromatic rings. The summed E-state index contributed by atoms with van der Waals surface area (Å²) in [5.41, 5.74) is 2.88. The lowest BCUT2D eigenvalue weighted by atomic mass is 9.98. The molecule has 2 aliphatic heterocycles. The molecule has 24 heavy (non-hydrogen) atoms. The van der Waals surface area contributed by atoms with Crippen molar-refractivity contribution in [3.8, 4) is 5.75 Å². The van der Waals surface area contributed by atoms with Crippen LogP contribution in [0.2, 0.25) is 5.02 Å². The monoisotopic (exact) mass is 332 g/mol. The van der Waals surface area contributed by atoms with Crippen LogP contribution in [0.3, 0.4) is 0 Å². The molecule has 0 aliphatic carbocycles. The molecular weight excluding hydrogens is 320 g/mol. The van der Waals surface area contributed by atoms with Crippen LogP contribution < -0.4 is 4.74 Å². The van der Waals surface area contributed by atoms with Crippen molar-refractivity contribution in [2.75, 3.05) is 0 Å². The van der Waals surface area contributed by atoms with Crippen LogP contribution in [0.5, 0.6) is 5.75 Å². The van der Waals surface area contributed by atoms with E-state index in [1.165, 1.54) is 10.8 Å². The lowest BCUT2D eigenvalue weighted by Gasteiger charge is -2.17. The number of rotatable bonds is 1. The number of benzene rings is 3.